The number of likely N-dealkylation sites (N-methyl/N-ethyl adjacent to an activating group) is 1. The van der Waals surface area contributed by atoms with Gasteiger partial charge >= 0.3 is 0 Å². The number of likely N-dealkylation sites (tertiary alicyclic amines) is 1. The second-order valence-electron chi connectivity index (χ2n) is 7.00. The van der Waals surface area contributed by atoms with E-state index in [0.717, 1.165) is 35.6 Å². The van der Waals surface area contributed by atoms with Crippen LogP contribution in [0.15, 0.2) is 22.3 Å². The number of fused-ring (bicyclic) bond motifs is 3. The van der Waals surface area contributed by atoms with Crippen molar-refractivity contribution in [1.29, 1.82) is 0 Å². The summed E-state index contributed by atoms with van der Waals surface area (Å²) in [5.74, 6) is 0.631. The standard InChI is InChI=1S/C19H25N5O2S/c1-3-17-21-23(12-18(25)20-11-13-6-5-8-22(13)4-2)19(26)15-10-16-14(24(15)17)7-9-27-16/h7,9-10,13H,3-6,8,11-12H2,1-2H3,(H,20,25). The highest BCUT2D eigenvalue weighted by Crippen LogP contribution is 2.24. The predicted molar refractivity (Wildman–Crippen MR) is 107 cm³/mol. The number of rotatable bonds is 6. The third-order valence-electron chi connectivity index (χ3n) is 5.42. The average Bonchev–Trinajstić information content (AvgIpc) is 3.37. The molecule has 4 heterocycles. The van der Waals surface area contributed by atoms with Crippen LogP contribution in [0.2, 0.25) is 0 Å². The van der Waals surface area contributed by atoms with Crippen molar-refractivity contribution in [3.05, 3.63) is 33.7 Å². The van der Waals surface area contributed by atoms with Crippen molar-refractivity contribution < 1.29 is 4.79 Å². The molecular weight excluding hydrogens is 362 g/mol. The first-order valence-electron chi connectivity index (χ1n) is 9.61. The summed E-state index contributed by atoms with van der Waals surface area (Å²) in [7, 11) is 0. The summed E-state index contributed by atoms with van der Waals surface area (Å²) in [5, 5.41) is 9.47. The van der Waals surface area contributed by atoms with Crippen molar-refractivity contribution in [2.75, 3.05) is 19.6 Å². The number of carbonyl (C=O) groups excluding carboxylic acids is 1. The zero-order valence-electron chi connectivity index (χ0n) is 15.8. The normalized spacial score (nSPS) is 17.9. The van der Waals surface area contributed by atoms with Crippen LogP contribution in [0.1, 0.15) is 32.5 Å². The molecule has 0 radical (unpaired) electrons. The minimum atomic E-state index is -0.221. The Kier molecular flexibility index (Phi) is 5.01. The van der Waals surface area contributed by atoms with Gasteiger partial charge in [-0.2, -0.15) is 5.10 Å². The van der Waals surface area contributed by atoms with E-state index in [2.05, 4.69) is 22.2 Å². The molecule has 3 aromatic rings. The van der Waals surface area contributed by atoms with Crippen molar-refractivity contribution in [2.24, 2.45) is 0 Å². The number of thiophene rings is 1. The zero-order valence-corrected chi connectivity index (χ0v) is 16.6. The molecule has 4 rings (SSSR count). The van der Waals surface area contributed by atoms with Crippen molar-refractivity contribution in [3.8, 4) is 0 Å². The summed E-state index contributed by atoms with van der Waals surface area (Å²) >= 11 is 1.60. The largest absolute Gasteiger partial charge is 0.353 e. The minimum Gasteiger partial charge on any atom is -0.353 e. The van der Waals surface area contributed by atoms with E-state index in [9.17, 15) is 9.59 Å². The SMILES string of the molecule is CCc1nn(CC(=O)NCC2CCCN2CC)c(=O)c2cc3sccc3n12. The second-order valence-corrected chi connectivity index (χ2v) is 7.94. The summed E-state index contributed by atoms with van der Waals surface area (Å²) in [6.07, 6.45) is 2.97. The molecule has 144 valence electrons. The first-order chi connectivity index (χ1) is 13.1. The predicted octanol–water partition coefficient (Wildman–Crippen LogP) is 1.87. The molecule has 1 unspecified atom stereocenters. The Bertz CT molecular complexity index is 1030. The highest BCUT2D eigenvalue weighted by atomic mass is 32.1. The van der Waals surface area contributed by atoms with E-state index >= 15 is 0 Å². The molecule has 1 aliphatic rings. The highest BCUT2D eigenvalue weighted by molar-refractivity contribution is 7.17. The highest BCUT2D eigenvalue weighted by Gasteiger charge is 2.23. The minimum absolute atomic E-state index is 0.0417. The average molecular weight is 388 g/mol. The molecule has 7 nitrogen and oxygen atoms in total. The van der Waals surface area contributed by atoms with Gasteiger partial charge in [-0.25, -0.2) is 4.68 Å². The number of carbonyl (C=O) groups is 1. The summed E-state index contributed by atoms with van der Waals surface area (Å²) in [5.41, 5.74) is 1.38. The van der Waals surface area contributed by atoms with Gasteiger partial charge in [-0.05, 0) is 43.4 Å². The Morgan fingerprint density at radius 2 is 2.22 bits per heavy atom. The van der Waals surface area contributed by atoms with Gasteiger partial charge in [0.2, 0.25) is 5.91 Å². The Morgan fingerprint density at radius 1 is 1.37 bits per heavy atom. The quantitative estimate of drug-likeness (QED) is 0.701. The first kappa shape index (κ1) is 18.2. The van der Waals surface area contributed by atoms with Crippen LogP contribution in [-0.4, -0.2) is 50.7 Å². The van der Waals surface area contributed by atoms with Gasteiger partial charge in [0.25, 0.3) is 5.56 Å². The second kappa shape index (κ2) is 7.44. The molecule has 0 spiro atoms. The summed E-state index contributed by atoms with van der Waals surface area (Å²) in [4.78, 5) is 27.7. The van der Waals surface area contributed by atoms with E-state index in [1.807, 2.05) is 28.8 Å². The number of nitrogens with one attached hydrogen (secondary N) is 1. The fourth-order valence-corrected chi connectivity index (χ4v) is 4.83. The van der Waals surface area contributed by atoms with Gasteiger partial charge < -0.3 is 5.32 Å². The monoisotopic (exact) mass is 387 g/mol. The van der Waals surface area contributed by atoms with Gasteiger partial charge in [0, 0.05) is 19.0 Å². The molecule has 0 bridgehead atoms. The molecule has 1 atom stereocenters. The number of nitrogens with zero attached hydrogens (tertiary/aromatic N) is 4. The third kappa shape index (κ3) is 3.27. The zero-order chi connectivity index (χ0) is 19.0. The van der Waals surface area contributed by atoms with Crippen molar-refractivity contribution in [3.63, 3.8) is 0 Å². The number of amides is 1. The third-order valence-corrected chi connectivity index (χ3v) is 6.27. The van der Waals surface area contributed by atoms with Crippen molar-refractivity contribution in [2.45, 2.75) is 45.7 Å². The summed E-state index contributed by atoms with van der Waals surface area (Å²) < 4.78 is 4.28. The maximum atomic E-state index is 12.9. The maximum absolute atomic E-state index is 12.9. The van der Waals surface area contributed by atoms with Gasteiger partial charge in [-0.1, -0.05) is 13.8 Å². The molecule has 0 saturated carbocycles. The Balaban J connectivity index is 1.55. The summed E-state index contributed by atoms with van der Waals surface area (Å²) in [6, 6.07) is 4.30. The van der Waals surface area contributed by atoms with E-state index in [1.165, 1.54) is 11.1 Å². The van der Waals surface area contributed by atoms with Gasteiger partial charge in [0.15, 0.2) is 0 Å². The molecule has 1 aliphatic heterocycles. The molecular formula is C19H25N5O2S. The Labute approximate surface area is 161 Å². The maximum Gasteiger partial charge on any atom is 0.291 e. The van der Waals surface area contributed by atoms with Crippen molar-refractivity contribution >= 4 is 33.0 Å². The van der Waals surface area contributed by atoms with Crippen LogP contribution in [-0.2, 0) is 17.8 Å². The molecule has 8 heteroatoms. The Morgan fingerprint density at radius 3 is 3.00 bits per heavy atom. The van der Waals surface area contributed by atoms with Gasteiger partial charge in [0.05, 0.1) is 10.2 Å². The van der Waals surface area contributed by atoms with Crippen LogP contribution in [0, 0.1) is 0 Å². The van der Waals surface area contributed by atoms with E-state index < -0.39 is 0 Å². The summed E-state index contributed by atoms with van der Waals surface area (Å²) in [6.45, 7) is 6.84. The van der Waals surface area contributed by atoms with Crippen molar-refractivity contribution in [1.82, 2.24) is 24.4 Å². The molecule has 1 fully saturated rings. The first-order valence-corrected chi connectivity index (χ1v) is 10.5. The van der Waals surface area contributed by atoms with Crippen LogP contribution in [0.4, 0.5) is 0 Å². The lowest BCUT2D eigenvalue weighted by Crippen LogP contribution is -2.42. The number of hydrogen-bond acceptors (Lipinski definition) is 5. The molecule has 3 aromatic heterocycles. The smallest absolute Gasteiger partial charge is 0.291 e. The van der Waals surface area contributed by atoms with Crippen LogP contribution >= 0.6 is 11.3 Å². The number of aromatic nitrogens is 3. The number of hydrogen-bond donors (Lipinski definition) is 1. The van der Waals surface area contributed by atoms with Gasteiger partial charge in [-0.15, -0.1) is 11.3 Å². The molecule has 0 aromatic carbocycles. The molecule has 27 heavy (non-hydrogen) atoms. The fraction of sp³-hybridized carbons (Fsp3) is 0.526. The topological polar surface area (TPSA) is 71.6 Å². The fourth-order valence-electron chi connectivity index (χ4n) is 4.02. The van der Waals surface area contributed by atoms with E-state index in [4.69, 9.17) is 0 Å². The lowest BCUT2D eigenvalue weighted by Gasteiger charge is -2.22. The van der Waals surface area contributed by atoms with Gasteiger partial charge in [0.1, 0.15) is 17.9 Å². The lowest BCUT2D eigenvalue weighted by atomic mass is 10.2. The van der Waals surface area contributed by atoms with Crippen LogP contribution in [0.25, 0.3) is 15.7 Å². The van der Waals surface area contributed by atoms with E-state index in [1.54, 1.807) is 11.3 Å². The molecule has 1 amide bonds. The lowest BCUT2D eigenvalue weighted by molar-refractivity contribution is -0.122. The van der Waals surface area contributed by atoms with Crippen LogP contribution < -0.4 is 10.9 Å². The Hall–Kier alpha value is -2.19. The molecule has 1 saturated heterocycles. The van der Waals surface area contributed by atoms with Gasteiger partial charge in [-0.3, -0.25) is 18.9 Å². The number of aryl methyl sites for hydroxylation is 1. The van der Waals surface area contributed by atoms with E-state index in [0.29, 0.717) is 24.5 Å². The van der Waals surface area contributed by atoms with Crippen LogP contribution in [0.3, 0.4) is 0 Å². The van der Waals surface area contributed by atoms with E-state index in [-0.39, 0.29) is 18.0 Å². The molecule has 1 N–H and O–H groups in total. The van der Waals surface area contributed by atoms with Crippen LogP contribution in [0.5, 0.6) is 0 Å². The molecule has 0 aliphatic carbocycles.